The smallest absolute Gasteiger partial charge is 0.410 e. The molecule has 0 unspecified atom stereocenters. The van der Waals surface area contributed by atoms with E-state index in [-0.39, 0.29) is 11.5 Å². The Morgan fingerprint density at radius 2 is 1.84 bits per heavy atom. The van der Waals surface area contributed by atoms with Crippen molar-refractivity contribution in [3.63, 3.8) is 0 Å². The van der Waals surface area contributed by atoms with Crippen molar-refractivity contribution in [1.82, 2.24) is 4.90 Å². The van der Waals surface area contributed by atoms with Gasteiger partial charge in [-0.15, -0.1) is 0 Å². The van der Waals surface area contributed by atoms with Crippen LogP contribution in [0, 0.1) is 5.41 Å². The highest BCUT2D eigenvalue weighted by Crippen LogP contribution is 2.43. The van der Waals surface area contributed by atoms with Gasteiger partial charge in [0.1, 0.15) is 5.60 Å². The molecule has 0 aromatic heterocycles. The number of rotatable bonds is 0. The van der Waals surface area contributed by atoms with E-state index in [1.165, 1.54) is 19.3 Å². The molecule has 1 heterocycles. The summed E-state index contributed by atoms with van der Waals surface area (Å²) in [6.07, 6.45) is 6.83. The molecule has 2 aliphatic rings. The van der Waals surface area contributed by atoms with Crippen LogP contribution in [0.2, 0.25) is 0 Å². The molecule has 2 rings (SSSR count). The molecule has 4 nitrogen and oxygen atoms in total. The second-order valence-electron chi connectivity index (χ2n) is 7.18. The van der Waals surface area contributed by atoms with Gasteiger partial charge in [0.2, 0.25) is 0 Å². The Morgan fingerprint density at radius 1 is 1.21 bits per heavy atom. The highest BCUT2D eigenvalue weighted by atomic mass is 16.6. The molecule has 4 heteroatoms. The lowest BCUT2D eigenvalue weighted by molar-refractivity contribution is 0.000175. The van der Waals surface area contributed by atoms with Crippen molar-refractivity contribution < 1.29 is 9.53 Å². The van der Waals surface area contributed by atoms with E-state index in [9.17, 15) is 4.79 Å². The Morgan fingerprint density at radius 3 is 2.37 bits per heavy atom. The van der Waals surface area contributed by atoms with Gasteiger partial charge in [-0.3, -0.25) is 0 Å². The number of likely N-dealkylation sites (tertiary alicyclic amines) is 1. The number of nitrogens with two attached hydrogens (primary N) is 1. The van der Waals surface area contributed by atoms with Gasteiger partial charge in [-0.25, -0.2) is 4.79 Å². The highest BCUT2D eigenvalue weighted by Gasteiger charge is 2.42. The third-order valence-electron chi connectivity index (χ3n) is 4.64. The van der Waals surface area contributed by atoms with Crippen LogP contribution in [-0.4, -0.2) is 35.7 Å². The minimum absolute atomic E-state index is 0.174. The molecular formula is C15H28N2O2. The lowest BCUT2D eigenvalue weighted by Crippen LogP contribution is -2.52. The number of piperidine rings is 1. The summed E-state index contributed by atoms with van der Waals surface area (Å²) in [5, 5.41) is 0. The fourth-order valence-electron chi connectivity index (χ4n) is 3.41. The lowest BCUT2D eigenvalue weighted by Gasteiger charge is -2.47. The van der Waals surface area contributed by atoms with Gasteiger partial charge < -0.3 is 15.4 Å². The van der Waals surface area contributed by atoms with E-state index in [0.717, 1.165) is 32.4 Å². The van der Waals surface area contributed by atoms with Crippen molar-refractivity contribution in [2.45, 2.75) is 70.9 Å². The van der Waals surface area contributed by atoms with Crippen LogP contribution in [0.15, 0.2) is 0 Å². The Labute approximate surface area is 116 Å². The molecule has 1 saturated carbocycles. The van der Waals surface area contributed by atoms with Crippen LogP contribution in [0.4, 0.5) is 4.79 Å². The van der Waals surface area contributed by atoms with Crippen LogP contribution in [0.3, 0.4) is 0 Å². The minimum atomic E-state index is -0.409. The SMILES string of the molecule is CC(C)(C)OC(=O)N1CCC2(CCCC[C@@H]2N)CC1. The fraction of sp³-hybridized carbons (Fsp3) is 0.933. The summed E-state index contributed by atoms with van der Waals surface area (Å²) in [5.41, 5.74) is 6.21. The molecule has 1 aliphatic carbocycles. The van der Waals surface area contributed by atoms with Gasteiger partial charge in [0.05, 0.1) is 0 Å². The molecular weight excluding hydrogens is 240 g/mol. The summed E-state index contributed by atoms with van der Waals surface area (Å²) in [7, 11) is 0. The molecule has 1 aliphatic heterocycles. The van der Waals surface area contributed by atoms with Crippen molar-refractivity contribution in [3.8, 4) is 0 Å². The zero-order valence-corrected chi connectivity index (χ0v) is 12.6. The highest BCUT2D eigenvalue weighted by molar-refractivity contribution is 5.68. The molecule has 1 amide bonds. The Hall–Kier alpha value is -0.770. The quantitative estimate of drug-likeness (QED) is 0.735. The van der Waals surface area contributed by atoms with Crippen molar-refractivity contribution in [2.75, 3.05) is 13.1 Å². The number of nitrogens with zero attached hydrogens (tertiary/aromatic N) is 1. The maximum absolute atomic E-state index is 12.0. The van der Waals surface area contributed by atoms with Gasteiger partial charge in [-0.05, 0) is 51.9 Å². The van der Waals surface area contributed by atoms with Crippen molar-refractivity contribution in [1.29, 1.82) is 0 Å². The molecule has 1 saturated heterocycles. The van der Waals surface area contributed by atoms with Gasteiger partial charge in [-0.1, -0.05) is 12.8 Å². The molecule has 19 heavy (non-hydrogen) atoms. The Balaban J connectivity index is 1.90. The normalized spacial score (nSPS) is 27.4. The standard InChI is InChI=1S/C15H28N2O2/c1-14(2,3)19-13(18)17-10-8-15(9-11-17)7-5-4-6-12(15)16/h12H,4-11,16H2,1-3H3/t12-/m0/s1. The van der Waals surface area contributed by atoms with Crippen LogP contribution in [-0.2, 0) is 4.74 Å². The van der Waals surface area contributed by atoms with E-state index in [4.69, 9.17) is 10.5 Å². The average molecular weight is 268 g/mol. The monoisotopic (exact) mass is 268 g/mol. The molecule has 0 bridgehead atoms. The Bertz CT molecular complexity index is 328. The summed E-state index contributed by atoms with van der Waals surface area (Å²) in [6, 6.07) is 0.321. The number of carbonyl (C=O) groups excluding carboxylic acids is 1. The van der Waals surface area contributed by atoms with Crippen LogP contribution in [0.5, 0.6) is 0 Å². The summed E-state index contributed by atoms with van der Waals surface area (Å²) in [5.74, 6) is 0. The summed E-state index contributed by atoms with van der Waals surface area (Å²) >= 11 is 0. The first-order valence-corrected chi connectivity index (χ1v) is 7.56. The molecule has 110 valence electrons. The molecule has 0 radical (unpaired) electrons. The van der Waals surface area contributed by atoms with Crippen molar-refractivity contribution in [3.05, 3.63) is 0 Å². The molecule has 2 N–H and O–H groups in total. The number of carbonyl (C=O) groups is 1. The van der Waals surface area contributed by atoms with Crippen LogP contribution in [0.1, 0.15) is 59.3 Å². The van der Waals surface area contributed by atoms with Gasteiger partial charge in [0.15, 0.2) is 0 Å². The topological polar surface area (TPSA) is 55.6 Å². The van der Waals surface area contributed by atoms with Gasteiger partial charge in [-0.2, -0.15) is 0 Å². The van der Waals surface area contributed by atoms with Gasteiger partial charge in [0.25, 0.3) is 0 Å². The Kier molecular flexibility index (Phi) is 4.09. The third kappa shape index (κ3) is 3.41. The van der Waals surface area contributed by atoms with E-state index in [1.54, 1.807) is 0 Å². The molecule has 0 aromatic rings. The largest absolute Gasteiger partial charge is 0.444 e. The zero-order valence-electron chi connectivity index (χ0n) is 12.6. The third-order valence-corrected chi connectivity index (χ3v) is 4.64. The van der Waals surface area contributed by atoms with Crippen molar-refractivity contribution >= 4 is 6.09 Å². The average Bonchev–Trinajstić information content (AvgIpc) is 2.32. The van der Waals surface area contributed by atoms with E-state index < -0.39 is 5.60 Å². The van der Waals surface area contributed by atoms with Crippen LogP contribution < -0.4 is 5.73 Å². The summed E-state index contributed by atoms with van der Waals surface area (Å²) in [6.45, 7) is 7.32. The number of hydrogen-bond donors (Lipinski definition) is 1. The molecule has 0 aromatic carbocycles. The van der Waals surface area contributed by atoms with E-state index in [2.05, 4.69) is 0 Å². The van der Waals surface area contributed by atoms with E-state index >= 15 is 0 Å². The first-order valence-electron chi connectivity index (χ1n) is 7.56. The maximum Gasteiger partial charge on any atom is 0.410 e. The van der Waals surface area contributed by atoms with Crippen LogP contribution in [0.25, 0.3) is 0 Å². The van der Waals surface area contributed by atoms with Crippen LogP contribution >= 0.6 is 0 Å². The van der Waals surface area contributed by atoms with Crippen molar-refractivity contribution in [2.24, 2.45) is 11.1 Å². The second kappa shape index (κ2) is 5.31. The number of hydrogen-bond acceptors (Lipinski definition) is 3. The summed E-state index contributed by atoms with van der Waals surface area (Å²) in [4.78, 5) is 13.9. The zero-order chi connectivity index (χ0) is 14.1. The molecule has 1 spiro atoms. The first kappa shape index (κ1) is 14.6. The predicted octanol–water partition coefficient (Wildman–Crippen LogP) is 2.91. The van der Waals surface area contributed by atoms with Gasteiger partial charge in [0, 0.05) is 19.1 Å². The molecule has 1 atom stereocenters. The second-order valence-corrected chi connectivity index (χ2v) is 7.18. The number of amides is 1. The summed E-state index contributed by atoms with van der Waals surface area (Å²) < 4.78 is 5.44. The maximum atomic E-state index is 12.0. The van der Waals surface area contributed by atoms with Gasteiger partial charge >= 0.3 is 6.09 Å². The fourth-order valence-corrected chi connectivity index (χ4v) is 3.41. The first-order chi connectivity index (χ1) is 8.82. The number of ether oxygens (including phenoxy) is 1. The lowest BCUT2D eigenvalue weighted by atomic mass is 9.65. The van der Waals surface area contributed by atoms with E-state index in [0.29, 0.717) is 6.04 Å². The molecule has 2 fully saturated rings. The minimum Gasteiger partial charge on any atom is -0.444 e. The van der Waals surface area contributed by atoms with E-state index in [1.807, 2.05) is 25.7 Å². The predicted molar refractivity (Wildman–Crippen MR) is 75.9 cm³/mol.